The summed E-state index contributed by atoms with van der Waals surface area (Å²) in [5.74, 6) is -0.107. The number of aliphatic imine (C=N–C) groups is 1. The zero-order chi connectivity index (χ0) is 27.2. The molecule has 3 aromatic rings. The number of hydrogen-bond acceptors (Lipinski definition) is 6. The van der Waals surface area contributed by atoms with Gasteiger partial charge in [-0.05, 0) is 101 Å². The maximum absolute atomic E-state index is 13.1. The second-order valence-electron chi connectivity index (χ2n) is 8.09. The smallest absolute Gasteiger partial charge is 0.335 e. The van der Waals surface area contributed by atoms with Crippen LogP contribution in [-0.2, 0) is 11.4 Å². The fourth-order valence-electron chi connectivity index (χ4n) is 3.65. The molecule has 1 fully saturated rings. The number of likely N-dealkylation sites (N-methyl/N-ethyl adjacent to an activating group) is 1. The molecule has 0 radical (unpaired) electrons. The van der Waals surface area contributed by atoms with Crippen LogP contribution in [0, 0.1) is 0 Å². The Morgan fingerprint density at radius 2 is 1.89 bits per heavy atom. The minimum absolute atomic E-state index is 0.131. The summed E-state index contributed by atoms with van der Waals surface area (Å²) in [6.45, 7) is 4.94. The molecule has 0 saturated carbocycles. The van der Waals surface area contributed by atoms with Gasteiger partial charge in [0.15, 0.2) is 16.7 Å². The van der Waals surface area contributed by atoms with Crippen LogP contribution in [0.3, 0.4) is 0 Å². The highest BCUT2D eigenvalue weighted by atomic mass is 79.9. The number of halogens is 2. The first-order valence-electron chi connectivity index (χ1n) is 11.8. The lowest BCUT2D eigenvalue weighted by Crippen LogP contribution is -2.28. The molecule has 3 aromatic carbocycles. The highest BCUT2D eigenvalue weighted by Gasteiger charge is 2.32. The van der Waals surface area contributed by atoms with Crippen LogP contribution in [0.5, 0.6) is 11.5 Å². The van der Waals surface area contributed by atoms with E-state index in [-0.39, 0.29) is 11.5 Å². The third-order valence-electron chi connectivity index (χ3n) is 5.45. The molecule has 0 spiro atoms. The number of ether oxygens (including phenoxy) is 2. The van der Waals surface area contributed by atoms with Crippen LogP contribution in [0.1, 0.15) is 35.3 Å². The van der Waals surface area contributed by atoms with Gasteiger partial charge in [0.1, 0.15) is 6.61 Å². The number of carboxylic acid groups (broad SMARTS) is 1. The number of aromatic carboxylic acids is 1. The van der Waals surface area contributed by atoms with Gasteiger partial charge in [0.05, 0.1) is 27.2 Å². The molecule has 10 heteroatoms. The van der Waals surface area contributed by atoms with Crippen molar-refractivity contribution in [3.8, 4) is 11.5 Å². The highest BCUT2D eigenvalue weighted by molar-refractivity contribution is 9.10. The summed E-state index contributed by atoms with van der Waals surface area (Å²) in [6, 6.07) is 17.4. The molecule has 1 amide bonds. The molecule has 0 unspecified atom stereocenters. The van der Waals surface area contributed by atoms with Crippen LogP contribution in [0.25, 0.3) is 6.08 Å². The topological polar surface area (TPSA) is 88.4 Å². The fraction of sp³-hybridized carbons (Fsp3) is 0.179. The van der Waals surface area contributed by atoms with Gasteiger partial charge in [-0.3, -0.25) is 9.69 Å². The van der Waals surface area contributed by atoms with Crippen LogP contribution < -0.4 is 9.47 Å². The molecule has 38 heavy (non-hydrogen) atoms. The monoisotopic (exact) mass is 614 g/mol. The minimum atomic E-state index is -1.04. The molecule has 1 saturated heterocycles. The standard InChI is InChI=1S/C28H24BrClN2O5S/c1-3-32-26(33)24(38-28(32)31-21-7-5-6-19(15-21)27(34)35)14-18-12-22(29)25(23(13-18)36-4-2)37-16-17-8-10-20(30)11-9-17/h5-15H,3-4,16H2,1-2H3,(H,34,35)/b24-14+,31-28?. The average molecular weight is 616 g/mol. The lowest BCUT2D eigenvalue weighted by Gasteiger charge is -2.15. The number of hydrogen-bond donors (Lipinski definition) is 1. The Hall–Kier alpha value is -3.27. The SMILES string of the molecule is CCOc1cc(/C=C2/SC(=Nc3cccc(C(=O)O)c3)N(CC)C2=O)cc(Br)c1OCc1ccc(Cl)cc1. The molecule has 0 aliphatic carbocycles. The molecule has 0 bridgehead atoms. The largest absolute Gasteiger partial charge is 0.490 e. The van der Waals surface area contributed by atoms with Gasteiger partial charge in [-0.2, -0.15) is 0 Å². The molecule has 0 aromatic heterocycles. The van der Waals surface area contributed by atoms with Crippen molar-refractivity contribution in [2.75, 3.05) is 13.2 Å². The van der Waals surface area contributed by atoms with Gasteiger partial charge in [-0.15, -0.1) is 0 Å². The van der Waals surface area contributed by atoms with Crippen molar-refractivity contribution in [1.82, 2.24) is 4.90 Å². The van der Waals surface area contributed by atoms with Gasteiger partial charge in [0.25, 0.3) is 5.91 Å². The molecule has 0 atom stereocenters. The molecule has 1 aliphatic heterocycles. The number of amides is 1. The Morgan fingerprint density at radius 1 is 1.13 bits per heavy atom. The molecule has 1 N–H and O–H groups in total. The molecule has 1 heterocycles. The summed E-state index contributed by atoms with van der Waals surface area (Å²) >= 11 is 10.8. The van der Waals surface area contributed by atoms with Crippen LogP contribution in [0.15, 0.2) is 75.0 Å². The van der Waals surface area contributed by atoms with Crippen LogP contribution >= 0.6 is 39.3 Å². The minimum Gasteiger partial charge on any atom is -0.490 e. The maximum atomic E-state index is 13.1. The van der Waals surface area contributed by atoms with Crippen molar-refractivity contribution in [2.24, 2.45) is 4.99 Å². The summed E-state index contributed by atoms with van der Waals surface area (Å²) in [6.07, 6.45) is 1.78. The van der Waals surface area contributed by atoms with Gasteiger partial charge in [0, 0.05) is 11.6 Å². The van der Waals surface area contributed by atoms with E-state index >= 15 is 0 Å². The predicted octanol–water partition coefficient (Wildman–Crippen LogP) is 7.40. The van der Waals surface area contributed by atoms with Gasteiger partial charge in [-0.25, -0.2) is 9.79 Å². The van der Waals surface area contributed by atoms with E-state index in [2.05, 4.69) is 20.9 Å². The number of carbonyl (C=O) groups is 2. The zero-order valence-corrected chi connectivity index (χ0v) is 23.8. The van der Waals surface area contributed by atoms with Crippen LogP contribution in [-0.4, -0.2) is 40.2 Å². The Bertz CT molecular complexity index is 1430. The summed E-state index contributed by atoms with van der Waals surface area (Å²) < 4.78 is 12.6. The summed E-state index contributed by atoms with van der Waals surface area (Å²) in [5.41, 5.74) is 2.30. The molecule has 7 nitrogen and oxygen atoms in total. The quantitative estimate of drug-likeness (QED) is 0.252. The number of carboxylic acids is 1. The van der Waals surface area contributed by atoms with Gasteiger partial charge < -0.3 is 14.6 Å². The first-order chi connectivity index (χ1) is 18.3. The Balaban J connectivity index is 1.61. The molecular weight excluding hydrogens is 592 g/mol. The normalized spacial score (nSPS) is 15.4. The zero-order valence-electron chi connectivity index (χ0n) is 20.6. The van der Waals surface area contributed by atoms with E-state index in [1.807, 2.05) is 50.2 Å². The third kappa shape index (κ3) is 6.59. The second kappa shape index (κ2) is 12.5. The number of carbonyl (C=O) groups excluding carboxylic acids is 1. The van der Waals surface area contributed by atoms with E-state index < -0.39 is 5.97 Å². The van der Waals surface area contributed by atoms with E-state index in [4.69, 9.17) is 21.1 Å². The lowest BCUT2D eigenvalue weighted by molar-refractivity contribution is -0.122. The van der Waals surface area contributed by atoms with Crippen molar-refractivity contribution in [1.29, 1.82) is 0 Å². The van der Waals surface area contributed by atoms with E-state index in [1.54, 1.807) is 23.1 Å². The number of rotatable bonds is 9. The first kappa shape index (κ1) is 27.8. The second-order valence-corrected chi connectivity index (χ2v) is 10.4. The molecule has 1 aliphatic rings. The first-order valence-corrected chi connectivity index (χ1v) is 13.7. The highest BCUT2D eigenvalue weighted by Crippen LogP contribution is 2.40. The summed E-state index contributed by atoms with van der Waals surface area (Å²) in [7, 11) is 0. The van der Waals surface area contributed by atoms with Gasteiger partial charge in [-0.1, -0.05) is 29.8 Å². The number of thioether (sulfide) groups is 1. The fourth-order valence-corrected chi connectivity index (χ4v) is 5.41. The van der Waals surface area contributed by atoms with E-state index in [0.29, 0.717) is 56.5 Å². The lowest BCUT2D eigenvalue weighted by atomic mass is 10.1. The van der Waals surface area contributed by atoms with E-state index in [1.165, 1.54) is 23.9 Å². The Morgan fingerprint density at radius 3 is 2.58 bits per heavy atom. The Kier molecular flexibility index (Phi) is 9.14. The van der Waals surface area contributed by atoms with Gasteiger partial charge >= 0.3 is 5.97 Å². The summed E-state index contributed by atoms with van der Waals surface area (Å²) in [5, 5.41) is 10.4. The van der Waals surface area contributed by atoms with Crippen molar-refractivity contribution < 1.29 is 24.2 Å². The number of amidine groups is 1. The third-order valence-corrected chi connectivity index (χ3v) is 7.30. The van der Waals surface area contributed by atoms with Gasteiger partial charge in [0.2, 0.25) is 0 Å². The summed E-state index contributed by atoms with van der Waals surface area (Å²) in [4.78, 5) is 31.1. The number of benzene rings is 3. The number of nitrogens with zero attached hydrogens (tertiary/aromatic N) is 2. The van der Waals surface area contributed by atoms with Crippen molar-refractivity contribution in [3.63, 3.8) is 0 Å². The van der Waals surface area contributed by atoms with Crippen LogP contribution in [0.4, 0.5) is 5.69 Å². The van der Waals surface area contributed by atoms with Crippen molar-refractivity contribution >= 4 is 68.1 Å². The van der Waals surface area contributed by atoms with Crippen molar-refractivity contribution in [3.05, 3.63) is 91.8 Å². The molecule has 4 rings (SSSR count). The van der Waals surface area contributed by atoms with E-state index in [0.717, 1.165) is 11.1 Å². The average Bonchev–Trinajstić information content (AvgIpc) is 3.18. The molecular formula is C28H24BrClN2O5S. The molecule has 196 valence electrons. The van der Waals surface area contributed by atoms with Crippen molar-refractivity contribution in [2.45, 2.75) is 20.5 Å². The Labute approximate surface area is 238 Å². The van der Waals surface area contributed by atoms with Crippen LogP contribution in [0.2, 0.25) is 5.02 Å². The maximum Gasteiger partial charge on any atom is 0.335 e. The van der Waals surface area contributed by atoms with E-state index in [9.17, 15) is 14.7 Å². The predicted molar refractivity (Wildman–Crippen MR) is 155 cm³/mol.